The molecular weight excluding hydrogens is 210 g/mol. The highest BCUT2D eigenvalue weighted by molar-refractivity contribution is 6.47. The van der Waals surface area contributed by atoms with Gasteiger partial charge in [0.1, 0.15) is 5.82 Å². The maximum atomic E-state index is 5.71. The van der Waals surface area contributed by atoms with Crippen molar-refractivity contribution in [3.8, 4) is 0 Å². The van der Waals surface area contributed by atoms with Gasteiger partial charge in [0.15, 0.2) is 0 Å². The Labute approximate surface area is 102 Å². The van der Waals surface area contributed by atoms with Gasteiger partial charge in [0.25, 0.3) is 0 Å². The van der Waals surface area contributed by atoms with Gasteiger partial charge < -0.3 is 5.73 Å². The van der Waals surface area contributed by atoms with E-state index in [1.807, 2.05) is 13.0 Å². The van der Waals surface area contributed by atoms with Gasteiger partial charge in [-0.2, -0.15) is 0 Å². The van der Waals surface area contributed by atoms with Crippen molar-refractivity contribution in [2.45, 2.75) is 20.3 Å². The molecule has 0 amide bonds. The molecule has 0 atom stereocenters. The number of hydrogen-bond donors (Lipinski definition) is 1. The summed E-state index contributed by atoms with van der Waals surface area (Å²) in [5.41, 5.74) is 9.95. The third kappa shape index (κ3) is 2.61. The van der Waals surface area contributed by atoms with E-state index >= 15 is 0 Å². The first-order valence-electron chi connectivity index (χ1n) is 5.85. The summed E-state index contributed by atoms with van der Waals surface area (Å²) in [6.07, 6.45) is 2.88. The first kappa shape index (κ1) is 11.6. The lowest BCUT2D eigenvalue weighted by Crippen LogP contribution is -2.12. The van der Waals surface area contributed by atoms with Crippen LogP contribution in [0.3, 0.4) is 0 Å². The number of rotatable bonds is 2. The standard InChI is InChI=1S/C14H17N3/c1-3-11-4-6-12(7-5-11)14-10(2)17-13(15)8-9-16-14/h4-8H,3,9,15H2,1-2H3. The molecule has 0 saturated carbocycles. The van der Waals surface area contributed by atoms with Gasteiger partial charge in [-0.3, -0.25) is 4.99 Å². The SMILES string of the molecule is CCc1ccc(C2=NCC=C(N)N=C2C)cc1. The summed E-state index contributed by atoms with van der Waals surface area (Å²) in [7, 11) is 0. The molecule has 3 nitrogen and oxygen atoms in total. The zero-order chi connectivity index (χ0) is 12.3. The minimum absolute atomic E-state index is 0.548. The Bertz CT molecular complexity index is 493. The summed E-state index contributed by atoms with van der Waals surface area (Å²) in [6, 6.07) is 8.45. The fourth-order valence-electron chi connectivity index (χ4n) is 1.84. The quantitative estimate of drug-likeness (QED) is 0.828. The molecule has 2 rings (SSSR count). The van der Waals surface area contributed by atoms with Crippen LogP contribution in [0.5, 0.6) is 0 Å². The Morgan fingerprint density at radius 3 is 2.59 bits per heavy atom. The average Bonchev–Trinajstić information content (AvgIpc) is 2.50. The second-order valence-electron chi connectivity index (χ2n) is 4.07. The van der Waals surface area contributed by atoms with Crippen molar-refractivity contribution >= 4 is 11.4 Å². The molecule has 1 aromatic rings. The zero-order valence-corrected chi connectivity index (χ0v) is 10.3. The van der Waals surface area contributed by atoms with E-state index < -0.39 is 0 Å². The van der Waals surface area contributed by atoms with Crippen LogP contribution in [0.15, 0.2) is 46.1 Å². The predicted octanol–water partition coefficient (Wildman–Crippen LogP) is 2.31. The van der Waals surface area contributed by atoms with Gasteiger partial charge in [-0.05, 0) is 25.0 Å². The molecule has 1 heterocycles. The Morgan fingerprint density at radius 1 is 1.24 bits per heavy atom. The lowest BCUT2D eigenvalue weighted by Gasteiger charge is -2.06. The van der Waals surface area contributed by atoms with Crippen LogP contribution in [0.2, 0.25) is 0 Å². The van der Waals surface area contributed by atoms with Crippen LogP contribution in [0.25, 0.3) is 0 Å². The molecule has 88 valence electrons. The minimum Gasteiger partial charge on any atom is -0.384 e. The van der Waals surface area contributed by atoms with Crippen LogP contribution in [-0.2, 0) is 6.42 Å². The number of nitrogens with two attached hydrogens (primary N) is 1. The summed E-state index contributed by atoms with van der Waals surface area (Å²) >= 11 is 0. The number of hydrogen-bond acceptors (Lipinski definition) is 3. The van der Waals surface area contributed by atoms with Crippen LogP contribution >= 0.6 is 0 Å². The van der Waals surface area contributed by atoms with Crippen LogP contribution in [-0.4, -0.2) is 18.0 Å². The summed E-state index contributed by atoms with van der Waals surface area (Å²) in [4.78, 5) is 8.81. The zero-order valence-electron chi connectivity index (χ0n) is 10.3. The van der Waals surface area contributed by atoms with Gasteiger partial charge >= 0.3 is 0 Å². The van der Waals surface area contributed by atoms with Crippen LogP contribution in [0.1, 0.15) is 25.0 Å². The Kier molecular flexibility index (Phi) is 3.38. The van der Waals surface area contributed by atoms with Crippen molar-refractivity contribution in [3.63, 3.8) is 0 Å². The number of nitrogens with zero attached hydrogens (tertiary/aromatic N) is 2. The molecular formula is C14H17N3. The Balaban J connectivity index is 2.33. The summed E-state index contributed by atoms with van der Waals surface area (Å²) in [6.45, 7) is 4.69. The molecule has 1 aliphatic rings. The van der Waals surface area contributed by atoms with Gasteiger partial charge in [-0.1, -0.05) is 31.2 Å². The van der Waals surface area contributed by atoms with E-state index in [-0.39, 0.29) is 0 Å². The van der Waals surface area contributed by atoms with Crippen molar-refractivity contribution in [2.75, 3.05) is 6.54 Å². The second kappa shape index (κ2) is 4.95. The molecule has 0 aromatic heterocycles. The molecule has 0 spiro atoms. The van der Waals surface area contributed by atoms with E-state index in [2.05, 4.69) is 41.2 Å². The van der Waals surface area contributed by atoms with Crippen LogP contribution in [0.4, 0.5) is 0 Å². The fourth-order valence-corrected chi connectivity index (χ4v) is 1.84. The maximum absolute atomic E-state index is 5.71. The van der Waals surface area contributed by atoms with Crippen molar-refractivity contribution in [3.05, 3.63) is 47.3 Å². The lowest BCUT2D eigenvalue weighted by atomic mass is 10.0. The van der Waals surface area contributed by atoms with Crippen molar-refractivity contribution < 1.29 is 0 Å². The molecule has 0 fully saturated rings. The molecule has 0 saturated heterocycles. The van der Waals surface area contributed by atoms with Crippen LogP contribution in [0, 0.1) is 0 Å². The van der Waals surface area contributed by atoms with Gasteiger partial charge in [-0.15, -0.1) is 0 Å². The highest BCUT2D eigenvalue weighted by atomic mass is 14.9. The van der Waals surface area contributed by atoms with Crippen molar-refractivity contribution in [2.24, 2.45) is 15.7 Å². The number of aryl methyl sites for hydroxylation is 1. The molecule has 0 aliphatic carbocycles. The molecule has 0 unspecified atom stereocenters. The predicted molar refractivity (Wildman–Crippen MR) is 72.6 cm³/mol. The topological polar surface area (TPSA) is 50.7 Å². The van der Waals surface area contributed by atoms with Gasteiger partial charge in [-0.25, -0.2) is 4.99 Å². The van der Waals surface area contributed by atoms with Gasteiger partial charge in [0.2, 0.25) is 0 Å². The molecule has 1 aromatic carbocycles. The summed E-state index contributed by atoms with van der Waals surface area (Å²) in [5, 5.41) is 0. The normalized spacial score (nSPS) is 15.8. The number of aliphatic imine (C=N–C) groups is 2. The third-order valence-corrected chi connectivity index (χ3v) is 2.82. The number of benzene rings is 1. The van der Waals surface area contributed by atoms with Crippen molar-refractivity contribution in [1.29, 1.82) is 0 Å². The molecule has 3 heteroatoms. The highest BCUT2D eigenvalue weighted by Gasteiger charge is 2.09. The monoisotopic (exact) mass is 227 g/mol. The Morgan fingerprint density at radius 2 is 1.94 bits per heavy atom. The molecule has 17 heavy (non-hydrogen) atoms. The summed E-state index contributed by atoms with van der Waals surface area (Å²) in [5.74, 6) is 0.548. The van der Waals surface area contributed by atoms with E-state index in [0.29, 0.717) is 12.4 Å². The largest absolute Gasteiger partial charge is 0.384 e. The van der Waals surface area contributed by atoms with E-state index in [4.69, 9.17) is 5.73 Å². The lowest BCUT2D eigenvalue weighted by molar-refractivity contribution is 1.14. The van der Waals surface area contributed by atoms with E-state index in [1.165, 1.54) is 5.56 Å². The van der Waals surface area contributed by atoms with E-state index in [9.17, 15) is 0 Å². The average molecular weight is 227 g/mol. The van der Waals surface area contributed by atoms with Crippen LogP contribution < -0.4 is 5.73 Å². The third-order valence-electron chi connectivity index (χ3n) is 2.82. The summed E-state index contributed by atoms with van der Waals surface area (Å²) < 4.78 is 0. The smallest absolute Gasteiger partial charge is 0.121 e. The van der Waals surface area contributed by atoms with Gasteiger partial charge in [0, 0.05) is 5.56 Å². The second-order valence-corrected chi connectivity index (χ2v) is 4.07. The minimum atomic E-state index is 0.548. The van der Waals surface area contributed by atoms with Crippen molar-refractivity contribution in [1.82, 2.24) is 0 Å². The first-order valence-corrected chi connectivity index (χ1v) is 5.85. The molecule has 2 N–H and O–H groups in total. The fraction of sp³-hybridized carbons (Fsp3) is 0.286. The van der Waals surface area contributed by atoms with E-state index in [1.54, 1.807) is 0 Å². The highest BCUT2D eigenvalue weighted by Crippen LogP contribution is 2.10. The van der Waals surface area contributed by atoms with Gasteiger partial charge in [0.05, 0.1) is 18.0 Å². The molecule has 0 radical (unpaired) electrons. The van der Waals surface area contributed by atoms with E-state index in [0.717, 1.165) is 23.4 Å². The molecule has 0 bridgehead atoms. The maximum Gasteiger partial charge on any atom is 0.121 e. The first-order chi connectivity index (χ1) is 8.20. The Hall–Kier alpha value is -1.90. The molecule has 1 aliphatic heterocycles.